The maximum absolute atomic E-state index is 12.5. The van der Waals surface area contributed by atoms with Gasteiger partial charge in [-0.2, -0.15) is 8.42 Å². The zero-order chi connectivity index (χ0) is 12.3. The number of hydrogen-bond donors (Lipinski definition) is 0. The van der Waals surface area contributed by atoms with E-state index >= 15 is 0 Å². The lowest BCUT2D eigenvalue weighted by Gasteiger charge is -2.05. The molecule has 0 aliphatic heterocycles. The van der Waals surface area contributed by atoms with Crippen molar-refractivity contribution in [3.63, 3.8) is 0 Å². The van der Waals surface area contributed by atoms with Gasteiger partial charge in [0.25, 0.3) is 0 Å². The van der Waals surface area contributed by atoms with Crippen LogP contribution in [0.3, 0.4) is 0 Å². The zero-order valence-electron chi connectivity index (χ0n) is 8.53. The quantitative estimate of drug-likeness (QED) is 0.458. The SMILES string of the molecule is C#Cc1cc(CS(=O)(=O)F)cc(C=O)c1C. The van der Waals surface area contributed by atoms with E-state index in [0.717, 1.165) is 0 Å². The number of terminal acetylenes is 1. The number of benzene rings is 1. The molecule has 3 nitrogen and oxygen atoms in total. The monoisotopic (exact) mass is 240 g/mol. The number of carbonyl (C=O) groups is 1. The van der Waals surface area contributed by atoms with Crippen LogP contribution in [0, 0.1) is 19.3 Å². The molecule has 84 valence electrons. The highest BCUT2D eigenvalue weighted by molar-refractivity contribution is 7.85. The van der Waals surface area contributed by atoms with Gasteiger partial charge in [-0.05, 0) is 30.2 Å². The van der Waals surface area contributed by atoms with Crippen molar-refractivity contribution in [1.29, 1.82) is 0 Å². The van der Waals surface area contributed by atoms with Crippen molar-refractivity contribution in [2.24, 2.45) is 0 Å². The largest absolute Gasteiger partial charge is 0.306 e. The first-order valence-electron chi connectivity index (χ1n) is 4.35. The maximum Gasteiger partial charge on any atom is 0.306 e. The van der Waals surface area contributed by atoms with Crippen LogP contribution in [-0.4, -0.2) is 14.7 Å². The van der Waals surface area contributed by atoms with Crippen LogP contribution in [0.25, 0.3) is 0 Å². The third kappa shape index (κ3) is 2.91. The first kappa shape index (κ1) is 12.4. The summed E-state index contributed by atoms with van der Waals surface area (Å²) in [5.74, 6) is 1.54. The summed E-state index contributed by atoms with van der Waals surface area (Å²) < 4.78 is 33.4. The first-order valence-corrected chi connectivity index (χ1v) is 5.90. The minimum absolute atomic E-state index is 0.170. The molecule has 0 radical (unpaired) electrons. The number of aldehydes is 1. The van der Waals surface area contributed by atoms with Crippen LogP contribution in [0.1, 0.15) is 27.0 Å². The molecule has 1 aromatic carbocycles. The van der Waals surface area contributed by atoms with Crippen LogP contribution in [-0.2, 0) is 16.0 Å². The average molecular weight is 240 g/mol. The van der Waals surface area contributed by atoms with Gasteiger partial charge in [0.2, 0.25) is 0 Å². The van der Waals surface area contributed by atoms with Crippen LogP contribution < -0.4 is 0 Å². The van der Waals surface area contributed by atoms with Gasteiger partial charge in [0, 0.05) is 11.1 Å². The Kier molecular flexibility index (Phi) is 3.45. The van der Waals surface area contributed by atoms with Crippen LogP contribution >= 0.6 is 0 Å². The van der Waals surface area contributed by atoms with Gasteiger partial charge in [-0.25, -0.2) is 0 Å². The molecular formula is C11H9FO3S. The molecular weight excluding hydrogens is 231 g/mol. The van der Waals surface area contributed by atoms with Gasteiger partial charge >= 0.3 is 10.2 Å². The van der Waals surface area contributed by atoms with E-state index in [0.29, 0.717) is 17.4 Å². The molecule has 1 aromatic rings. The molecule has 0 aromatic heterocycles. The third-order valence-electron chi connectivity index (χ3n) is 2.13. The fraction of sp³-hybridized carbons (Fsp3) is 0.182. The predicted molar refractivity (Wildman–Crippen MR) is 58.2 cm³/mol. The molecule has 0 bridgehead atoms. The van der Waals surface area contributed by atoms with E-state index in [1.807, 2.05) is 0 Å². The molecule has 0 aliphatic carbocycles. The molecule has 0 N–H and O–H groups in total. The van der Waals surface area contributed by atoms with Crippen LogP contribution in [0.5, 0.6) is 0 Å². The fourth-order valence-corrected chi connectivity index (χ4v) is 1.92. The normalized spacial score (nSPS) is 10.8. The van der Waals surface area contributed by atoms with E-state index < -0.39 is 16.0 Å². The molecule has 0 unspecified atom stereocenters. The lowest BCUT2D eigenvalue weighted by molar-refractivity contribution is 0.112. The van der Waals surface area contributed by atoms with E-state index in [-0.39, 0.29) is 11.1 Å². The van der Waals surface area contributed by atoms with E-state index in [1.54, 1.807) is 6.92 Å². The third-order valence-corrected chi connectivity index (χ3v) is 2.81. The maximum atomic E-state index is 12.5. The van der Waals surface area contributed by atoms with Gasteiger partial charge in [0.1, 0.15) is 12.0 Å². The summed E-state index contributed by atoms with van der Waals surface area (Å²) in [5.41, 5.74) is 1.41. The molecule has 0 saturated carbocycles. The van der Waals surface area contributed by atoms with E-state index in [2.05, 4.69) is 5.92 Å². The Hall–Kier alpha value is -1.67. The summed E-state index contributed by atoms with van der Waals surface area (Å²) in [4.78, 5) is 10.7. The fourth-order valence-electron chi connectivity index (χ4n) is 1.35. The van der Waals surface area contributed by atoms with Gasteiger partial charge in [-0.15, -0.1) is 10.3 Å². The summed E-state index contributed by atoms with van der Waals surface area (Å²) in [5, 5.41) is 0. The molecule has 5 heteroatoms. The molecule has 0 fully saturated rings. The molecule has 0 amide bonds. The van der Waals surface area contributed by atoms with Crippen molar-refractivity contribution in [3.05, 3.63) is 34.4 Å². The summed E-state index contributed by atoms with van der Waals surface area (Å²) in [6, 6.07) is 2.71. The second kappa shape index (κ2) is 4.45. The van der Waals surface area contributed by atoms with Crippen molar-refractivity contribution >= 4 is 16.5 Å². The smallest absolute Gasteiger partial charge is 0.298 e. The van der Waals surface area contributed by atoms with Crippen LogP contribution in [0.15, 0.2) is 12.1 Å². The summed E-state index contributed by atoms with van der Waals surface area (Å²) in [6.45, 7) is 1.65. The van der Waals surface area contributed by atoms with E-state index in [9.17, 15) is 17.1 Å². The summed E-state index contributed by atoms with van der Waals surface area (Å²) in [7, 11) is -4.62. The molecule has 0 saturated heterocycles. The standard InChI is InChI=1S/C11H9FO3S/c1-3-10-4-9(7-16(12,14)15)5-11(6-13)8(10)2/h1,4-6H,7H2,2H3. The average Bonchev–Trinajstić information content (AvgIpc) is 2.18. The zero-order valence-corrected chi connectivity index (χ0v) is 9.34. The number of halogens is 1. The Labute approximate surface area is 93.5 Å². The molecule has 0 atom stereocenters. The lowest BCUT2D eigenvalue weighted by Crippen LogP contribution is -2.00. The number of carbonyl (C=O) groups excluding carboxylic acids is 1. The van der Waals surface area contributed by atoms with Crippen molar-refractivity contribution in [3.8, 4) is 12.3 Å². The van der Waals surface area contributed by atoms with E-state index in [1.165, 1.54) is 12.1 Å². The number of rotatable bonds is 3. The Bertz CT molecular complexity index is 568. The van der Waals surface area contributed by atoms with E-state index in [4.69, 9.17) is 6.42 Å². The first-order chi connectivity index (χ1) is 7.37. The van der Waals surface area contributed by atoms with Gasteiger partial charge in [0.05, 0.1) is 0 Å². The summed E-state index contributed by atoms with van der Waals surface area (Å²) in [6.07, 6.45) is 5.76. The number of hydrogen-bond acceptors (Lipinski definition) is 3. The molecule has 0 heterocycles. The highest BCUT2D eigenvalue weighted by Crippen LogP contribution is 2.17. The highest BCUT2D eigenvalue weighted by Gasteiger charge is 2.12. The minimum atomic E-state index is -4.62. The molecule has 16 heavy (non-hydrogen) atoms. The van der Waals surface area contributed by atoms with Crippen LogP contribution in [0.4, 0.5) is 3.89 Å². The minimum Gasteiger partial charge on any atom is -0.298 e. The van der Waals surface area contributed by atoms with Gasteiger partial charge in [-0.3, -0.25) is 4.79 Å². The van der Waals surface area contributed by atoms with Crippen molar-refractivity contribution in [2.45, 2.75) is 12.7 Å². The Morgan fingerprint density at radius 1 is 1.50 bits per heavy atom. The summed E-state index contributed by atoms with van der Waals surface area (Å²) >= 11 is 0. The Balaban J connectivity index is 3.34. The van der Waals surface area contributed by atoms with Crippen LogP contribution in [0.2, 0.25) is 0 Å². The van der Waals surface area contributed by atoms with Gasteiger partial charge in [-0.1, -0.05) is 5.92 Å². The van der Waals surface area contributed by atoms with Gasteiger partial charge in [0.15, 0.2) is 0 Å². The predicted octanol–water partition coefficient (Wildman–Crippen LogP) is 1.59. The Morgan fingerprint density at radius 3 is 2.56 bits per heavy atom. The second-order valence-electron chi connectivity index (χ2n) is 3.30. The van der Waals surface area contributed by atoms with Crippen molar-refractivity contribution < 1.29 is 17.1 Å². The van der Waals surface area contributed by atoms with Crippen molar-refractivity contribution in [1.82, 2.24) is 0 Å². The molecule has 1 rings (SSSR count). The second-order valence-corrected chi connectivity index (χ2v) is 4.67. The van der Waals surface area contributed by atoms with Gasteiger partial charge < -0.3 is 0 Å². The highest BCUT2D eigenvalue weighted by atomic mass is 32.3. The topological polar surface area (TPSA) is 51.2 Å². The molecule has 0 spiro atoms. The lowest BCUT2D eigenvalue weighted by atomic mass is 10.0. The Morgan fingerprint density at radius 2 is 2.12 bits per heavy atom. The van der Waals surface area contributed by atoms with Crippen molar-refractivity contribution in [2.75, 3.05) is 0 Å². The molecule has 0 aliphatic rings.